The fourth-order valence-electron chi connectivity index (χ4n) is 1.50. The molecule has 0 aliphatic carbocycles. The summed E-state index contributed by atoms with van der Waals surface area (Å²) in [6, 6.07) is 0.693. The summed E-state index contributed by atoms with van der Waals surface area (Å²) in [5.74, 6) is 2.58. The van der Waals surface area contributed by atoms with Crippen LogP contribution >= 0.6 is 12.6 Å². The Kier molecular flexibility index (Phi) is 7.75. The van der Waals surface area contributed by atoms with Gasteiger partial charge < -0.3 is 4.90 Å². The van der Waals surface area contributed by atoms with Crippen molar-refractivity contribution in [2.45, 2.75) is 46.6 Å². The molecule has 0 spiro atoms. The predicted octanol–water partition coefficient (Wildman–Crippen LogP) is 3.31. The van der Waals surface area contributed by atoms with Gasteiger partial charge >= 0.3 is 0 Å². The van der Waals surface area contributed by atoms with Crippen LogP contribution in [0.3, 0.4) is 0 Å². The smallest absolute Gasteiger partial charge is 0.00868 e. The lowest BCUT2D eigenvalue weighted by Gasteiger charge is -2.28. The molecule has 1 nitrogen and oxygen atoms in total. The van der Waals surface area contributed by atoms with E-state index < -0.39 is 0 Å². The van der Waals surface area contributed by atoms with Gasteiger partial charge in [0.2, 0.25) is 0 Å². The van der Waals surface area contributed by atoms with Gasteiger partial charge in [-0.2, -0.15) is 12.6 Å². The van der Waals surface area contributed by atoms with Crippen molar-refractivity contribution in [1.29, 1.82) is 0 Å². The first-order chi connectivity index (χ1) is 6.49. The van der Waals surface area contributed by atoms with Crippen molar-refractivity contribution < 1.29 is 0 Å². The molecule has 14 heavy (non-hydrogen) atoms. The molecule has 0 saturated carbocycles. The molecule has 0 aromatic carbocycles. The molecular weight excluding hydrogens is 190 g/mol. The van der Waals surface area contributed by atoms with Crippen LogP contribution in [0.25, 0.3) is 0 Å². The fourth-order valence-corrected chi connectivity index (χ4v) is 1.94. The molecule has 0 radical (unpaired) electrons. The Bertz CT molecular complexity index is 136. The summed E-state index contributed by atoms with van der Waals surface area (Å²) in [6.45, 7) is 10.4. The van der Waals surface area contributed by atoms with Crippen LogP contribution in [-0.2, 0) is 0 Å². The Hall–Kier alpha value is 0.310. The monoisotopic (exact) mass is 217 g/mol. The SMILES string of the molecule is CC(CCS)CCN(C)C(C)C(C)C. The minimum Gasteiger partial charge on any atom is -0.303 e. The Labute approximate surface area is 95.7 Å². The van der Waals surface area contributed by atoms with Crippen molar-refractivity contribution in [3.63, 3.8) is 0 Å². The molecule has 0 aliphatic heterocycles. The van der Waals surface area contributed by atoms with E-state index in [1.54, 1.807) is 0 Å². The Balaban J connectivity index is 3.67. The standard InChI is InChI=1S/C12H27NS/c1-10(2)12(4)13(5)8-6-11(3)7-9-14/h10-12,14H,6-9H2,1-5H3. The topological polar surface area (TPSA) is 3.24 Å². The van der Waals surface area contributed by atoms with Gasteiger partial charge in [-0.05, 0) is 50.9 Å². The highest BCUT2D eigenvalue weighted by atomic mass is 32.1. The average Bonchev–Trinajstić information content (AvgIpc) is 2.13. The lowest BCUT2D eigenvalue weighted by atomic mass is 10.0. The molecule has 2 atom stereocenters. The summed E-state index contributed by atoms with van der Waals surface area (Å²) in [7, 11) is 2.23. The normalized spacial score (nSPS) is 16.3. The van der Waals surface area contributed by atoms with Gasteiger partial charge in [-0.25, -0.2) is 0 Å². The first kappa shape index (κ1) is 14.3. The maximum atomic E-state index is 4.26. The van der Waals surface area contributed by atoms with Crippen LogP contribution in [0, 0.1) is 11.8 Å². The first-order valence-corrected chi connectivity index (χ1v) is 6.43. The summed E-state index contributed by atoms with van der Waals surface area (Å²) in [6.07, 6.45) is 2.54. The molecule has 0 aromatic heterocycles. The van der Waals surface area contributed by atoms with Crippen molar-refractivity contribution in [3.05, 3.63) is 0 Å². The number of thiol groups is 1. The largest absolute Gasteiger partial charge is 0.303 e. The van der Waals surface area contributed by atoms with Gasteiger partial charge in [-0.15, -0.1) is 0 Å². The Morgan fingerprint density at radius 2 is 1.64 bits per heavy atom. The molecule has 0 saturated heterocycles. The van der Waals surface area contributed by atoms with Crippen LogP contribution in [0.4, 0.5) is 0 Å². The second-order valence-electron chi connectivity index (χ2n) is 4.87. The molecule has 2 unspecified atom stereocenters. The summed E-state index contributed by atoms with van der Waals surface area (Å²) < 4.78 is 0. The molecule has 0 heterocycles. The predicted molar refractivity (Wildman–Crippen MR) is 69.2 cm³/mol. The number of hydrogen-bond donors (Lipinski definition) is 1. The third kappa shape index (κ3) is 5.92. The van der Waals surface area contributed by atoms with Crippen molar-refractivity contribution >= 4 is 12.6 Å². The van der Waals surface area contributed by atoms with E-state index in [4.69, 9.17) is 0 Å². The van der Waals surface area contributed by atoms with Crippen molar-refractivity contribution in [2.75, 3.05) is 19.3 Å². The van der Waals surface area contributed by atoms with Gasteiger partial charge in [0.25, 0.3) is 0 Å². The number of nitrogens with zero attached hydrogens (tertiary/aromatic N) is 1. The number of hydrogen-bond acceptors (Lipinski definition) is 2. The molecule has 0 bridgehead atoms. The van der Waals surface area contributed by atoms with E-state index in [0.717, 1.165) is 17.6 Å². The Morgan fingerprint density at radius 3 is 2.07 bits per heavy atom. The highest BCUT2D eigenvalue weighted by Crippen LogP contribution is 2.13. The van der Waals surface area contributed by atoms with Gasteiger partial charge in [0.05, 0.1) is 0 Å². The van der Waals surface area contributed by atoms with Crippen molar-refractivity contribution in [1.82, 2.24) is 4.90 Å². The van der Waals surface area contributed by atoms with Crippen molar-refractivity contribution in [2.24, 2.45) is 11.8 Å². The second kappa shape index (κ2) is 7.58. The van der Waals surface area contributed by atoms with Crippen molar-refractivity contribution in [3.8, 4) is 0 Å². The third-order valence-electron chi connectivity index (χ3n) is 3.26. The molecule has 2 heteroatoms. The zero-order valence-electron chi connectivity index (χ0n) is 10.5. The van der Waals surface area contributed by atoms with Crippen LogP contribution in [0.2, 0.25) is 0 Å². The van der Waals surface area contributed by atoms with Gasteiger partial charge in [0.1, 0.15) is 0 Å². The molecule has 86 valence electrons. The lowest BCUT2D eigenvalue weighted by molar-refractivity contribution is 0.196. The first-order valence-electron chi connectivity index (χ1n) is 5.80. The maximum Gasteiger partial charge on any atom is 0.00868 e. The van der Waals surface area contributed by atoms with E-state index in [1.807, 2.05) is 0 Å². The molecule has 0 amide bonds. The van der Waals surface area contributed by atoms with E-state index >= 15 is 0 Å². The van der Waals surface area contributed by atoms with Gasteiger partial charge in [-0.3, -0.25) is 0 Å². The molecule has 0 aliphatic rings. The van der Waals surface area contributed by atoms with E-state index in [9.17, 15) is 0 Å². The minimum atomic E-state index is 0.693. The zero-order chi connectivity index (χ0) is 11.1. The van der Waals surface area contributed by atoms with Crippen LogP contribution in [0.1, 0.15) is 40.5 Å². The Morgan fingerprint density at radius 1 is 1.07 bits per heavy atom. The van der Waals surface area contributed by atoms with Crippen LogP contribution in [-0.4, -0.2) is 30.3 Å². The van der Waals surface area contributed by atoms with Crippen LogP contribution < -0.4 is 0 Å². The van der Waals surface area contributed by atoms with Gasteiger partial charge in [0.15, 0.2) is 0 Å². The fraction of sp³-hybridized carbons (Fsp3) is 1.00. The van der Waals surface area contributed by atoms with Crippen LogP contribution in [0.5, 0.6) is 0 Å². The summed E-state index contributed by atoms with van der Waals surface area (Å²) in [5, 5.41) is 0. The second-order valence-corrected chi connectivity index (χ2v) is 5.32. The van der Waals surface area contributed by atoms with Gasteiger partial charge in [-0.1, -0.05) is 20.8 Å². The highest BCUT2D eigenvalue weighted by Gasteiger charge is 2.13. The minimum absolute atomic E-state index is 0.693. The highest BCUT2D eigenvalue weighted by molar-refractivity contribution is 7.80. The molecule has 0 aromatic rings. The summed E-state index contributed by atoms with van der Waals surface area (Å²) in [5.41, 5.74) is 0. The number of rotatable bonds is 7. The van der Waals surface area contributed by atoms with E-state index in [-0.39, 0.29) is 0 Å². The van der Waals surface area contributed by atoms with E-state index in [2.05, 4.69) is 52.3 Å². The zero-order valence-corrected chi connectivity index (χ0v) is 11.3. The average molecular weight is 217 g/mol. The molecular formula is C12H27NS. The lowest BCUT2D eigenvalue weighted by Crippen LogP contribution is -2.34. The van der Waals surface area contributed by atoms with Crippen LogP contribution in [0.15, 0.2) is 0 Å². The summed E-state index contributed by atoms with van der Waals surface area (Å²) >= 11 is 4.26. The summed E-state index contributed by atoms with van der Waals surface area (Å²) in [4.78, 5) is 2.47. The van der Waals surface area contributed by atoms with E-state index in [1.165, 1.54) is 19.4 Å². The molecule has 0 fully saturated rings. The maximum absolute atomic E-state index is 4.26. The van der Waals surface area contributed by atoms with Gasteiger partial charge in [0, 0.05) is 6.04 Å². The third-order valence-corrected chi connectivity index (χ3v) is 3.51. The molecule has 0 rings (SSSR count). The molecule has 0 N–H and O–H groups in total. The van der Waals surface area contributed by atoms with E-state index in [0.29, 0.717) is 6.04 Å². The quantitative estimate of drug-likeness (QED) is 0.640.